The minimum Gasteiger partial charge on any atom is -0.324 e. The number of hydrogen-bond acceptors (Lipinski definition) is 2. The molecular formula is C13H22N2. The molecule has 1 aromatic rings. The predicted molar refractivity (Wildman–Crippen MR) is 65.7 cm³/mol. The first-order valence-corrected chi connectivity index (χ1v) is 5.60. The first-order chi connectivity index (χ1) is 7.03. The topological polar surface area (TPSA) is 38.0 Å². The number of nitrogens with two attached hydrogens (primary N) is 1. The Morgan fingerprint density at radius 1 is 1.27 bits per heavy atom. The summed E-state index contributed by atoms with van der Waals surface area (Å²) in [7, 11) is 0. The Morgan fingerprint density at radius 2 is 1.87 bits per heavy atom. The maximum atomic E-state index is 5.95. The standard InChI is InChI=1S/C13H22N2/c1-4-12(15-10-13(2,3)14)11-8-6-5-7-9-11/h5-9,12,15H,4,10,14H2,1-3H3. The monoisotopic (exact) mass is 206 g/mol. The number of benzene rings is 1. The Bertz CT molecular complexity index is 274. The third kappa shape index (κ3) is 4.45. The fourth-order valence-electron chi connectivity index (χ4n) is 1.57. The molecule has 0 aliphatic rings. The maximum Gasteiger partial charge on any atom is 0.0318 e. The van der Waals surface area contributed by atoms with E-state index in [0.29, 0.717) is 6.04 Å². The molecule has 0 radical (unpaired) electrons. The Hall–Kier alpha value is -0.860. The molecule has 15 heavy (non-hydrogen) atoms. The number of hydrogen-bond donors (Lipinski definition) is 2. The molecule has 2 heteroatoms. The van der Waals surface area contributed by atoms with Crippen molar-refractivity contribution in [2.75, 3.05) is 6.54 Å². The van der Waals surface area contributed by atoms with Crippen molar-refractivity contribution in [3.05, 3.63) is 35.9 Å². The van der Waals surface area contributed by atoms with Crippen LogP contribution in [-0.2, 0) is 0 Å². The van der Waals surface area contributed by atoms with E-state index in [1.807, 2.05) is 19.9 Å². The molecule has 0 saturated heterocycles. The molecule has 0 amide bonds. The average Bonchev–Trinajstić information content (AvgIpc) is 2.19. The van der Waals surface area contributed by atoms with Crippen molar-refractivity contribution in [1.82, 2.24) is 5.32 Å². The summed E-state index contributed by atoms with van der Waals surface area (Å²) in [6.07, 6.45) is 1.08. The summed E-state index contributed by atoms with van der Waals surface area (Å²) in [5, 5.41) is 3.50. The molecule has 0 aromatic heterocycles. The summed E-state index contributed by atoms with van der Waals surface area (Å²) >= 11 is 0. The molecule has 0 heterocycles. The largest absolute Gasteiger partial charge is 0.324 e. The van der Waals surface area contributed by atoms with Gasteiger partial charge >= 0.3 is 0 Å². The van der Waals surface area contributed by atoms with Gasteiger partial charge < -0.3 is 11.1 Å². The zero-order valence-corrected chi connectivity index (χ0v) is 9.96. The van der Waals surface area contributed by atoms with Crippen molar-refractivity contribution in [3.8, 4) is 0 Å². The van der Waals surface area contributed by atoms with Crippen molar-refractivity contribution in [2.24, 2.45) is 5.73 Å². The van der Waals surface area contributed by atoms with Crippen LogP contribution in [0.2, 0.25) is 0 Å². The molecule has 1 rings (SSSR count). The van der Waals surface area contributed by atoms with Crippen molar-refractivity contribution in [1.29, 1.82) is 0 Å². The summed E-state index contributed by atoms with van der Waals surface area (Å²) in [4.78, 5) is 0. The van der Waals surface area contributed by atoms with Gasteiger partial charge in [-0.25, -0.2) is 0 Å². The molecule has 1 atom stereocenters. The van der Waals surface area contributed by atoms with E-state index in [0.717, 1.165) is 13.0 Å². The summed E-state index contributed by atoms with van der Waals surface area (Å²) in [5.74, 6) is 0. The minimum atomic E-state index is -0.151. The highest BCUT2D eigenvalue weighted by molar-refractivity contribution is 5.18. The molecule has 0 aliphatic carbocycles. The highest BCUT2D eigenvalue weighted by Crippen LogP contribution is 2.16. The van der Waals surface area contributed by atoms with Crippen LogP contribution in [0.1, 0.15) is 38.8 Å². The zero-order chi connectivity index (χ0) is 11.3. The molecule has 1 unspecified atom stereocenters. The predicted octanol–water partition coefficient (Wildman–Crippen LogP) is 2.46. The molecule has 0 bridgehead atoms. The summed E-state index contributed by atoms with van der Waals surface area (Å²) in [6.45, 7) is 7.10. The smallest absolute Gasteiger partial charge is 0.0318 e. The quantitative estimate of drug-likeness (QED) is 0.776. The van der Waals surface area contributed by atoms with Gasteiger partial charge in [-0.1, -0.05) is 37.3 Å². The molecule has 84 valence electrons. The molecule has 0 saturated carbocycles. The van der Waals surface area contributed by atoms with Gasteiger partial charge in [0.1, 0.15) is 0 Å². The van der Waals surface area contributed by atoms with Crippen LogP contribution in [0.4, 0.5) is 0 Å². The van der Waals surface area contributed by atoms with Gasteiger partial charge in [0, 0.05) is 18.1 Å². The molecular weight excluding hydrogens is 184 g/mol. The molecule has 0 fully saturated rings. The minimum absolute atomic E-state index is 0.151. The Balaban J connectivity index is 2.58. The van der Waals surface area contributed by atoms with Gasteiger partial charge in [-0.2, -0.15) is 0 Å². The van der Waals surface area contributed by atoms with Gasteiger partial charge in [0.15, 0.2) is 0 Å². The normalized spacial score (nSPS) is 13.9. The van der Waals surface area contributed by atoms with E-state index in [4.69, 9.17) is 5.73 Å². The van der Waals surface area contributed by atoms with E-state index in [9.17, 15) is 0 Å². The molecule has 3 N–H and O–H groups in total. The number of nitrogens with one attached hydrogen (secondary N) is 1. The second-order valence-corrected chi connectivity index (χ2v) is 4.74. The second-order valence-electron chi connectivity index (χ2n) is 4.74. The van der Waals surface area contributed by atoms with Crippen LogP contribution in [0.3, 0.4) is 0 Å². The molecule has 2 nitrogen and oxygen atoms in total. The van der Waals surface area contributed by atoms with Crippen molar-refractivity contribution < 1.29 is 0 Å². The van der Waals surface area contributed by atoms with E-state index >= 15 is 0 Å². The fraction of sp³-hybridized carbons (Fsp3) is 0.538. The molecule has 0 aliphatic heterocycles. The zero-order valence-electron chi connectivity index (χ0n) is 9.96. The summed E-state index contributed by atoms with van der Waals surface area (Å²) < 4.78 is 0. The lowest BCUT2D eigenvalue weighted by Gasteiger charge is -2.24. The van der Waals surface area contributed by atoms with E-state index in [-0.39, 0.29) is 5.54 Å². The fourth-order valence-corrected chi connectivity index (χ4v) is 1.57. The van der Waals surface area contributed by atoms with Crippen molar-refractivity contribution in [3.63, 3.8) is 0 Å². The summed E-state index contributed by atoms with van der Waals surface area (Å²) in [6, 6.07) is 10.9. The second kappa shape index (κ2) is 5.29. The highest BCUT2D eigenvalue weighted by Gasteiger charge is 2.14. The third-order valence-corrected chi connectivity index (χ3v) is 2.41. The lowest BCUT2D eigenvalue weighted by Crippen LogP contribution is -2.44. The molecule has 0 spiro atoms. The van der Waals surface area contributed by atoms with Crippen LogP contribution < -0.4 is 11.1 Å². The summed E-state index contributed by atoms with van der Waals surface area (Å²) in [5.41, 5.74) is 7.14. The first-order valence-electron chi connectivity index (χ1n) is 5.60. The first kappa shape index (κ1) is 12.2. The molecule has 1 aromatic carbocycles. The third-order valence-electron chi connectivity index (χ3n) is 2.41. The Labute approximate surface area is 92.9 Å². The van der Waals surface area contributed by atoms with Crippen LogP contribution in [0.25, 0.3) is 0 Å². The van der Waals surface area contributed by atoms with Crippen molar-refractivity contribution in [2.45, 2.75) is 38.8 Å². The van der Waals surface area contributed by atoms with Gasteiger partial charge in [-0.05, 0) is 25.8 Å². The Kier molecular flexibility index (Phi) is 4.30. The highest BCUT2D eigenvalue weighted by atomic mass is 15.0. The Morgan fingerprint density at radius 3 is 2.33 bits per heavy atom. The van der Waals surface area contributed by atoms with E-state index in [1.54, 1.807) is 0 Å². The van der Waals surface area contributed by atoms with Crippen LogP contribution in [0.5, 0.6) is 0 Å². The lowest BCUT2D eigenvalue weighted by atomic mass is 10.0. The van der Waals surface area contributed by atoms with Gasteiger partial charge in [0.2, 0.25) is 0 Å². The van der Waals surface area contributed by atoms with Gasteiger partial charge in [-0.15, -0.1) is 0 Å². The lowest BCUT2D eigenvalue weighted by molar-refractivity contribution is 0.416. The van der Waals surface area contributed by atoms with Gasteiger partial charge in [0.05, 0.1) is 0 Å². The van der Waals surface area contributed by atoms with E-state index in [1.165, 1.54) is 5.56 Å². The number of rotatable bonds is 5. The van der Waals surface area contributed by atoms with E-state index in [2.05, 4.69) is 36.5 Å². The van der Waals surface area contributed by atoms with Crippen LogP contribution in [0, 0.1) is 0 Å². The van der Waals surface area contributed by atoms with Crippen LogP contribution in [-0.4, -0.2) is 12.1 Å². The van der Waals surface area contributed by atoms with E-state index < -0.39 is 0 Å². The van der Waals surface area contributed by atoms with Gasteiger partial charge in [-0.3, -0.25) is 0 Å². The average molecular weight is 206 g/mol. The van der Waals surface area contributed by atoms with Crippen LogP contribution in [0.15, 0.2) is 30.3 Å². The maximum absolute atomic E-state index is 5.95. The SMILES string of the molecule is CCC(NCC(C)(C)N)c1ccccc1. The van der Waals surface area contributed by atoms with Gasteiger partial charge in [0.25, 0.3) is 0 Å². The van der Waals surface area contributed by atoms with Crippen LogP contribution >= 0.6 is 0 Å². The van der Waals surface area contributed by atoms with Crippen molar-refractivity contribution >= 4 is 0 Å².